The summed E-state index contributed by atoms with van der Waals surface area (Å²) in [5.74, 6) is 1.40. The van der Waals surface area contributed by atoms with Crippen molar-refractivity contribution in [2.75, 3.05) is 30.3 Å². The molecule has 2 saturated heterocycles. The molecule has 2 aromatic carbocycles. The Morgan fingerprint density at radius 1 is 1.15 bits per heavy atom. The minimum atomic E-state index is -0.465. The number of likely N-dealkylation sites (tertiary alicyclic amines) is 1. The zero-order chi connectivity index (χ0) is 27.2. The molecule has 5 rings (SSSR count). The average molecular weight is 528 g/mol. The molecule has 3 N–H and O–H groups in total. The number of hydrogen-bond donors (Lipinski definition) is 3. The van der Waals surface area contributed by atoms with Crippen LogP contribution < -0.4 is 16.0 Å². The van der Waals surface area contributed by atoms with E-state index in [9.17, 15) is 9.59 Å². The predicted octanol–water partition coefficient (Wildman–Crippen LogP) is 5.56. The normalized spacial score (nSPS) is 21.3. The molecule has 2 amide bonds. The van der Waals surface area contributed by atoms with Gasteiger partial charge in [0.2, 0.25) is 0 Å². The molecule has 0 saturated carbocycles. The summed E-state index contributed by atoms with van der Waals surface area (Å²) in [5.41, 5.74) is 4.14. The molecule has 3 heterocycles. The Kier molecular flexibility index (Phi) is 8.66. The van der Waals surface area contributed by atoms with Crippen LogP contribution in [0.5, 0.6) is 0 Å². The van der Waals surface area contributed by atoms with Gasteiger partial charge in [-0.3, -0.25) is 20.3 Å². The first kappa shape index (κ1) is 27.0. The molecule has 2 aliphatic heterocycles. The molecule has 3 aromatic rings. The number of ether oxygens (including phenoxy) is 1. The number of carbonyl (C=O) groups excluding carboxylic acids is 2. The van der Waals surface area contributed by atoms with Gasteiger partial charge >= 0.3 is 6.03 Å². The van der Waals surface area contributed by atoms with Crippen LogP contribution in [0, 0.1) is 5.92 Å². The Labute approximate surface area is 230 Å². The summed E-state index contributed by atoms with van der Waals surface area (Å²) in [7, 11) is 0. The number of aldehydes is 1. The highest BCUT2D eigenvalue weighted by atomic mass is 16.5. The molecule has 0 aliphatic carbocycles. The standard InChI is InChI=1S/C31H37N5O3/c1-21(2)15-26-20-39-30(33-26)29-25(19-37)9-6-10-27(29)34-31(38)35-28-16-23(11-13-32-28)24-12-14-36(18-24)17-22-7-4-3-5-8-22/h3-11,13,16,19,21,24,26,30,33H,12,14-15,17-18,20H2,1-2H3,(H2,32,34,35,38)/t24?,26-,30?/m1/s1. The van der Waals surface area contributed by atoms with E-state index in [1.54, 1.807) is 24.4 Å². The highest BCUT2D eigenvalue weighted by molar-refractivity contribution is 6.00. The van der Waals surface area contributed by atoms with Crippen LogP contribution in [0.1, 0.15) is 65.9 Å². The molecule has 204 valence electrons. The Bertz CT molecular complexity index is 1280. The van der Waals surface area contributed by atoms with Gasteiger partial charge in [-0.1, -0.05) is 56.3 Å². The van der Waals surface area contributed by atoms with Crippen molar-refractivity contribution < 1.29 is 14.3 Å². The number of rotatable bonds is 9. The molecule has 39 heavy (non-hydrogen) atoms. The molecule has 2 unspecified atom stereocenters. The van der Waals surface area contributed by atoms with Crippen molar-refractivity contribution in [3.8, 4) is 0 Å². The number of benzene rings is 2. The lowest BCUT2D eigenvalue weighted by atomic mass is 9.99. The van der Waals surface area contributed by atoms with Crippen LogP contribution >= 0.6 is 0 Å². The molecule has 2 fully saturated rings. The van der Waals surface area contributed by atoms with E-state index in [0.29, 0.717) is 41.1 Å². The third-order valence-electron chi connectivity index (χ3n) is 7.40. The van der Waals surface area contributed by atoms with E-state index in [0.717, 1.165) is 38.8 Å². The topological polar surface area (TPSA) is 95.6 Å². The van der Waals surface area contributed by atoms with Crippen LogP contribution in [0.25, 0.3) is 0 Å². The number of hydrogen-bond acceptors (Lipinski definition) is 6. The molecular weight excluding hydrogens is 490 g/mol. The quantitative estimate of drug-likeness (QED) is 0.315. The lowest BCUT2D eigenvalue weighted by Gasteiger charge is -2.19. The molecule has 0 spiro atoms. The maximum absolute atomic E-state index is 13.0. The molecule has 1 aromatic heterocycles. The van der Waals surface area contributed by atoms with Crippen LogP contribution in [-0.2, 0) is 11.3 Å². The van der Waals surface area contributed by atoms with Gasteiger partial charge in [-0.05, 0) is 60.5 Å². The van der Waals surface area contributed by atoms with E-state index in [1.165, 1.54) is 11.1 Å². The van der Waals surface area contributed by atoms with Gasteiger partial charge in [-0.25, -0.2) is 9.78 Å². The van der Waals surface area contributed by atoms with Crippen LogP contribution in [0.15, 0.2) is 66.9 Å². The zero-order valence-electron chi connectivity index (χ0n) is 22.6. The van der Waals surface area contributed by atoms with E-state index in [4.69, 9.17) is 4.74 Å². The monoisotopic (exact) mass is 527 g/mol. The summed E-state index contributed by atoms with van der Waals surface area (Å²) in [4.78, 5) is 31.7. The molecule has 0 radical (unpaired) electrons. The molecular formula is C31H37N5O3. The number of carbonyl (C=O) groups is 2. The van der Waals surface area contributed by atoms with Crippen molar-refractivity contribution >= 4 is 23.8 Å². The number of pyridine rings is 1. The summed E-state index contributed by atoms with van der Waals surface area (Å²) in [6, 6.07) is 19.6. The Morgan fingerprint density at radius 2 is 2.00 bits per heavy atom. The summed E-state index contributed by atoms with van der Waals surface area (Å²) in [6.07, 6.45) is 4.11. The van der Waals surface area contributed by atoms with Gasteiger partial charge in [0.25, 0.3) is 0 Å². The van der Waals surface area contributed by atoms with Crippen LogP contribution in [0.3, 0.4) is 0 Å². The number of nitrogens with zero attached hydrogens (tertiary/aromatic N) is 2. The third kappa shape index (κ3) is 6.89. The maximum atomic E-state index is 13.0. The molecule has 3 atom stereocenters. The van der Waals surface area contributed by atoms with Crippen molar-refractivity contribution in [2.24, 2.45) is 5.92 Å². The molecule has 0 bridgehead atoms. The van der Waals surface area contributed by atoms with Gasteiger partial charge in [0, 0.05) is 36.5 Å². The van der Waals surface area contributed by atoms with E-state index in [1.807, 2.05) is 18.2 Å². The fourth-order valence-electron chi connectivity index (χ4n) is 5.61. The molecule has 8 nitrogen and oxygen atoms in total. The van der Waals surface area contributed by atoms with Crippen molar-refractivity contribution in [3.05, 3.63) is 89.1 Å². The summed E-state index contributed by atoms with van der Waals surface area (Å²) < 4.78 is 6.00. The van der Waals surface area contributed by atoms with Gasteiger partial charge in [0.1, 0.15) is 12.0 Å². The van der Waals surface area contributed by atoms with Crippen LogP contribution in [-0.4, -0.2) is 47.9 Å². The smallest absolute Gasteiger partial charge is 0.324 e. The number of aromatic nitrogens is 1. The van der Waals surface area contributed by atoms with E-state index in [-0.39, 0.29) is 6.04 Å². The first-order chi connectivity index (χ1) is 19.0. The van der Waals surface area contributed by atoms with Crippen molar-refractivity contribution in [1.82, 2.24) is 15.2 Å². The van der Waals surface area contributed by atoms with Gasteiger partial charge in [0.05, 0.1) is 12.3 Å². The van der Waals surface area contributed by atoms with E-state index >= 15 is 0 Å². The maximum Gasteiger partial charge on any atom is 0.324 e. The van der Waals surface area contributed by atoms with Gasteiger partial charge in [0.15, 0.2) is 6.29 Å². The van der Waals surface area contributed by atoms with Crippen molar-refractivity contribution in [1.29, 1.82) is 0 Å². The second kappa shape index (κ2) is 12.5. The fraction of sp³-hybridized carbons (Fsp3) is 0.387. The number of urea groups is 1. The number of anilines is 2. The highest BCUT2D eigenvalue weighted by Gasteiger charge is 2.30. The molecule has 2 aliphatic rings. The Balaban J connectivity index is 1.23. The third-order valence-corrected chi connectivity index (χ3v) is 7.40. The SMILES string of the molecule is CC(C)C[C@@H]1COC(c2c(C=O)cccc2NC(=O)Nc2cc(C3CCN(Cc4ccccc4)C3)ccn2)N1. The minimum absolute atomic E-state index is 0.197. The Morgan fingerprint density at radius 3 is 2.79 bits per heavy atom. The first-order valence-corrected chi connectivity index (χ1v) is 13.7. The largest absolute Gasteiger partial charge is 0.357 e. The van der Waals surface area contributed by atoms with E-state index in [2.05, 4.69) is 63.9 Å². The van der Waals surface area contributed by atoms with Crippen molar-refractivity contribution in [3.63, 3.8) is 0 Å². The second-order valence-corrected chi connectivity index (χ2v) is 10.9. The van der Waals surface area contributed by atoms with Crippen LogP contribution in [0.2, 0.25) is 0 Å². The van der Waals surface area contributed by atoms with Gasteiger partial charge < -0.3 is 10.1 Å². The van der Waals surface area contributed by atoms with E-state index < -0.39 is 12.3 Å². The summed E-state index contributed by atoms with van der Waals surface area (Å²) >= 11 is 0. The van der Waals surface area contributed by atoms with Gasteiger partial charge in [-0.15, -0.1) is 0 Å². The zero-order valence-corrected chi connectivity index (χ0v) is 22.6. The van der Waals surface area contributed by atoms with Crippen molar-refractivity contribution in [2.45, 2.75) is 51.4 Å². The summed E-state index contributed by atoms with van der Waals surface area (Å²) in [5, 5.41) is 9.25. The highest BCUT2D eigenvalue weighted by Crippen LogP contribution is 2.32. The predicted molar refractivity (Wildman–Crippen MR) is 153 cm³/mol. The number of nitrogens with one attached hydrogen (secondary N) is 3. The second-order valence-electron chi connectivity index (χ2n) is 10.9. The first-order valence-electron chi connectivity index (χ1n) is 13.7. The Hall–Kier alpha value is -3.59. The minimum Gasteiger partial charge on any atom is -0.357 e. The average Bonchev–Trinajstić information content (AvgIpc) is 3.58. The summed E-state index contributed by atoms with van der Waals surface area (Å²) in [6.45, 7) is 7.84. The van der Waals surface area contributed by atoms with Gasteiger partial charge in [-0.2, -0.15) is 0 Å². The lowest BCUT2D eigenvalue weighted by molar-refractivity contribution is 0.0980. The van der Waals surface area contributed by atoms with Crippen LogP contribution in [0.4, 0.5) is 16.3 Å². The molecule has 8 heteroatoms. The fourth-order valence-corrected chi connectivity index (χ4v) is 5.61. The number of amides is 2. The lowest BCUT2D eigenvalue weighted by Crippen LogP contribution is -2.29.